The number of pyridine rings is 1. The Kier molecular flexibility index (Phi) is 3.89. The number of ether oxygens (including phenoxy) is 1. The highest BCUT2D eigenvalue weighted by Gasteiger charge is 2.19. The molecule has 0 aliphatic heterocycles. The average molecular weight is 288 g/mol. The van der Waals surface area contributed by atoms with E-state index >= 15 is 0 Å². The smallest absolute Gasteiger partial charge is 0.345 e. The first kappa shape index (κ1) is 14.1. The first-order valence-electron chi connectivity index (χ1n) is 5.63. The molecule has 2 rings (SSSR count). The number of rotatable bonds is 4. The third-order valence-electron chi connectivity index (χ3n) is 2.49. The van der Waals surface area contributed by atoms with E-state index in [0.29, 0.717) is 0 Å². The maximum atomic E-state index is 11.9. The summed E-state index contributed by atoms with van der Waals surface area (Å²) >= 11 is 0. The van der Waals surface area contributed by atoms with E-state index in [4.69, 9.17) is 9.84 Å². The highest BCUT2D eigenvalue weighted by Crippen LogP contribution is 2.26. The molecule has 0 atom stereocenters. The number of nitro benzene ring substituents is 1. The van der Waals surface area contributed by atoms with Crippen molar-refractivity contribution in [3.63, 3.8) is 0 Å². The summed E-state index contributed by atoms with van der Waals surface area (Å²) in [6.07, 6.45) is 2.19. The molecule has 0 aliphatic rings. The van der Waals surface area contributed by atoms with Gasteiger partial charge in [0.05, 0.1) is 16.1 Å². The lowest BCUT2D eigenvalue weighted by molar-refractivity contribution is -0.385. The van der Waals surface area contributed by atoms with Gasteiger partial charge in [0, 0.05) is 18.5 Å². The van der Waals surface area contributed by atoms with Crippen LogP contribution in [0.5, 0.6) is 5.75 Å². The van der Waals surface area contributed by atoms with Crippen LogP contribution in [-0.2, 0) is 0 Å². The molecule has 1 aromatic heterocycles. The van der Waals surface area contributed by atoms with Crippen LogP contribution in [0.25, 0.3) is 0 Å². The van der Waals surface area contributed by atoms with E-state index in [9.17, 15) is 19.7 Å². The van der Waals surface area contributed by atoms with Gasteiger partial charge in [-0.25, -0.2) is 9.59 Å². The van der Waals surface area contributed by atoms with Gasteiger partial charge in [0.2, 0.25) is 5.75 Å². The minimum atomic E-state index is -1.25. The third-order valence-corrected chi connectivity index (χ3v) is 2.49. The van der Waals surface area contributed by atoms with Crippen molar-refractivity contribution in [1.82, 2.24) is 4.98 Å². The summed E-state index contributed by atoms with van der Waals surface area (Å²) in [4.78, 5) is 36.4. The first-order valence-corrected chi connectivity index (χ1v) is 5.63. The fraction of sp³-hybridized carbons (Fsp3) is 0. The summed E-state index contributed by atoms with van der Waals surface area (Å²) in [6, 6.07) is 6.44. The molecule has 0 bridgehead atoms. The zero-order valence-electron chi connectivity index (χ0n) is 10.4. The van der Waals surface area contributed by atoms with Crippen molar-refractivity contribution in [1.29, 1.82) is 0 Å². The lowest BCUT2D eigenvalue weighted by Gasteiger charge is -2.05. The number of carbonyl (C=O) groups is 2. The highest BCUT2D eigenvalue weighted by atomic mass is 16.6. The van der Waals surface area contributed by atoms with Crippen molar-refractivity contribution in [2.24, 2.45) is 0 Å². The monoisotopic (exact) mass is 288 g/mol. The topological polar surface area (TPSA) is 120 Å². The molecule has 0 amide bonds. The predicted molar refractivity (Wildman–Crippen MR) is 69.3 cm³/mol. The number of para-hydroxylation sites is 2. The molecule has 1 heterocycles. The molecular weight excluding hydrogens is 280 g/mol. The standard InChI is InChI=1S/C13H8N2O6/c16-12(17)8-5-9(7-14-6-8)13(18)21-11-4-2-1-3-10(11)15(19)20/h1-7H,(H,16,17). The quantitative estimate of drug-likeness (QED) is 0.395. The fourth-order valence-corrected chi connectivity index (χ4v) is 1.52. The van der Waals surface area contributed by atoms with Crippen LogP contribution in [0.3, 0.4) is 0 Å². The number of nitro groups is 1. The number of nitrogens with zero attached hydrogens (tertiary/aromatic N) is 2. The first-order chi connectivity index (χ1) is 9.99. The maximum absolute atomic E-state index is 11.9. The maximum Gasteiger partial charge on any atom is 0.345 e. The van der Waals surface area contributed by atoms with E-state index in [0.717, 1.165) is 18.5 Å². The van der Waals surface area contributed by atoms with Crippen molar-refractivity contribution >= 4 is 17.6 Å². The number of benzene rings is 1. The predicted octanol–water partition coefficient (Wildman–Crippen LogP) is 1.91. The second-order valence-corrected chi connectivity index (χ2v) is 3.88. The molecule has 1 aromatic carbocycles. The van der Waals surface area contributed by atoms with Gasteiger partial charge in [-0.2, -0.15) is 0 Å². The molecule has 21 heavy (non-hydrogen) atoms. The fourth-order valence-electron chi connectivity index (χ4n) is 1.52. The molecule has 1 N–H and O–H groups in total. The third kappa shape index (κ3) is 3.18. The molecule has 0 aliphatic carbocycles. The van der Waals surface area contributed by atoms with Gasteiger partial charge in [-0.3, -0.25) is 15.1 Å². The summed E-state index contributed by atoms with van der Waals surface area (Å²) in [5.41, 5.74) is -0.673. The summed E-state index contributed by atoms with van der Waals surface area (Å²) in [5.74, 6) is -2.41. The molecule has 0 unspecified atom stereocenters. The van der Waals surface area contributed by atoms with Gasteiger partial charge in [-0.05, 0) is 12.1 Å². The van der Waals surface area contributed by atoms with E-state index in [-0.39, 0.29) is 22.6 Å². The van der Waals surface area contributed by atoms with Gasteiger partial charge in [-0.1, -0.05) is 12.1 Å². The van der Waals surface area contributed by atoms with Crippen LogP contribution in [0, 0.1) is 10.1 Å². The van der Waals surface area contributed by atoms with Crippen LogP contribution in [0.1, 0.15) is 20.7 Å². The molecule has 2 aromatic rings. The number of carboxylic acid groups (broad SMARTS) is 1. The Morgan fingerprint density at radius 1 is 1.19 bits per heavy atom. The lowest BCUT2D eigenvalue weighted by atomic mass is 10.2. The van der Waals surface area contributed by atoms with Gasteiger partial charge in [0.25, 0.3) is 0 Å². The summed E-state index contributed by atoms with van der Waals surface area (Å²) in [6.45, 7) is 0. The van der Waals surface area contributed by atoms with Crippen molar-refractivity contribution in [2.45, 2.75) is 0 Å². The van der Waals surface area contributed by atoms with Crippen LogP contribution in [0.4, 0.5) is 5.69 Å². The summed E-state index contributed by atoms with van der Waals surface area (Å²) in [7, 11) is 0. The minimum absolute atomic E-state index is 0.118. The highest BCUT2D eigenvalue weighted by molar-refractivity contribution is 5.95. The van der Waals surface area contributed by atoms with Gasteiger partial charge in [0.15, 0.2) is 0 Å². The number of aromatic nitrogens is 1. The van der Waals surface area contributed by atoms with Crippen molar-refractivity contribution in [3.8, 4) is 5.75 Å². The number of carboxylic acids is 1. The van der Waals surface area contributed by atoms with E-state index in [1.54, 1.807) is 0 Å². The SMILES string of the molecule is O=C(O)c1cncc(C(=O)Oc2ccccc2[N+](=O)[O-])c1. The van der Waals surface area contributed by atoms with E-state index in [1.807, 2.05) is 0 Å². The van der Waals surface area contributed by atoms with E-state index in [2.05, 4.69) is 4.98 Å². The molecule has 0 saturated heterocycles. The largest absolute Gasteiger partial charge is 0.478 e. The summed E-state index contributed by atoms with van der Waals surface area (Å²) < 4.78 is 4.91. The molecule has 0 saturated carbocycles. The molecule has 106 valence electrons. The van der Waals surface area contributed by atoms with Crippen molar-refractivity contribution in [2.75, 3.05) is 0 Å². The van der Waals surface area contributed by atoms with Crippen LogP contribution in [0.15, 0.2) is 42.7 Å². The van der Waals surface area contributed by atoms with Crippen molar-refractivity contribution in [3.05, 3.63) is 64.0 Å². The average Bonchev–Trinajstić information content (AvgIpc) is 2.47. The minimum Gasteiger partial charge on any atom is -0.478 e. The van der Waals surface area contributed by atoms with E-state index < -0.39 is 16.9 Å². The molecule has 0 radical (unpaired) electrons. The molecule has 8 heteroatoms. The number of hydrogen-bond acceptors (Lipinski definition) is 6. The van der Waals surface area contributed by atoms with E-state index in [1.165, 1.54) is 24.3 Å². The van der Waals surface area contributed by atoms with Gasteiger partial charge < -0.3 is 9.84 Å². The van der Waals surface area contributed by atoms with Gasteiger partial charge in [0.1, 0.15) is 0 Å². The molecule has 0 fully saturated rings. The van der Waals surface area contributed by atoms with Gasteiger partial charge in [-0.15, -0.1) is 0 Å². The van der Waals surface area contributed by atoms with Crippen LogP contribution < -0.4 is 4.74 Å². The lowest BCUT2D eigenvalue weighted by Crippen LogP contribution is -2.11. The zero-order valence-corrected chi connectivity index (χ0v) is 10.4. The van der Waals surface area contributed by atoms with Crippen LogP contribution in [-0.4, -0.2) is 27.0 Å². The zero-order chi connectivity index (χ0) is 15.4. The Labute approximate surface area is 117 Å². The molecule has 8 nitrogen and oxygen atoms in total. The second-order valence-electron chi connectivity index (χ2n) is 3.88. The second kappa shape index (κ2) is 5.78. The Morgan fingerprint density at radius 2 is 1.86 bits per heavy atom. The Hall–Kier alpha value is -3.29. The summed E-state index contributed by atoms with van der Waals surface area (Å²) in [5, 5.41) is 19.6. The number of esters is 1. The van der Waals surface area contributed by atoms with Crippen LogP contribution >= 0.6 is 0 Å². The van der Waals surface area contributed by atoms with Gasteiger partial charge >= 0.3 is 17.6 Å². The number of hydrogen-bond donors (Lipinski definition) is 1. The number of carbonyl (C=O) groups excluding carboxylic acids is 1. The molecule has 0 spiro atoms. The van der Waals surface area contributed by atoms with Crippen LogP contribution in [0.2, 0.25) is 0 Å². The molecular formula is C13H8N2O6. The Morgan fingerprint density at radius 3 is 2.52 bits per heavy atom. The van der Waals surface area contributed by atoms with Crippen molar-refractivity contribution < 1.29 is 24.4 Å². The normalized spacial score (nSPS) is 9.90. The number of aromatic carboxylic acids is 1. The Balaban J connectivity index is 2.28. The Bertz CT molecular complexity index is 728.